The summed E-state index contributed by atoms with van der Waals surface area (Å²) in [7, 11) is 0. The first kappa shape index (κ1) is 19.8. The van der Waals surface area contributed by atoms with Crippen LogP contribution >= 0.6 is 11.3 Å². The molecule has 0 bridgehead atoms. The predicted octanol–water partition coefficient (Wildman–Crippen LogP) is 4.78. The minimum Gasteiger partial charge on any atom is -0.463 e. The molecule has 0 amide bonds. The molecule has 10 heteroatoms. The molecule has 0 radical (unpaired) electrons. The third-order valence-electron chi connectivity index (χ3n) is 5.26. The summed E-state index contributed by atoms with van der Waals surface area (Å²) in [5, 5.41) is 0.800. The summed E-state index contributed by atoms with van der Waals surface area (Å²) in [5.41, 5.74) is 0.258. The average Bonchev–Trinajstić information content (AvgIpc) is 3.50. The van der Waals surface area contributed by atoms with Gasteiger partial charge in [0.1, 0.15) is 16.0 Å². The van der Waals surface area contributed by atoms with Crippen molar-refractivity contribution in [1.82, 2.24) is 14.5 Å². The Morgan fingerprint density at radius 3 is 2.45 bits per heavy atom. The fourth-order valence-corrected chi connectivity index (χ4v) is 4.80. The summed E-state index contributed by atoms with van der Waals surface area (Å²) in [6, 6.07) is 8.23. The molecule has 4 heterocycles. The van der Waals surface area contributed by atoms with Gasteiger partial charge in [0.15, 0.2) is 10.9 Å². The van der Waals surface area contributed by atoms with E-state index in [1.54, 1.807) is 12.1 Å². The Morgan fingerprint density at radius 2 is 1.81 bits per heavy atom. The number of furan rings is 1. The Bertz CT molecular complexity index is 1270. The lowest BCUT2D eigenvalue weighted by molar-refractivity contribution is -0.137. The SMILES string of the molecule is O=c1nc(-c2ccco2)c2nc(N3CCCC3)sc2n1Cc1ccc(C(F)(F)F)cc1. The van der Waals surface area contributed by atoms with Gasteiger partial charge in [-0.3, -0.25) is 4.57 Å². The number of nitrogens with zero attached hydrogens (tertiary/aromatic N) is 4. The van der Waals surface area contributed by atoms with Gasteiger partial charge in [0.05, 0.1) is 18.4 Å². The highest BCUT2D eigenvalue weighted by Gasteiger charge is 2.30. The molecule has 6 nitrogen and oxygen atoms in total. The number of anilines is 1. The maximum Gasteiger partial charge on any atom is 0.416 e. The number of halogens is 3. The van der Waals surface area contributed by atoms with Crippen LogP contribution in [0.4, 0.5) is 18.3 Å². The van der Waals surface area contributed by atoms with Crippen LogP contribution < -0.4 is 10.6 Å². The molecule has 31 heavy (non-hydrogen) atoms. The number of hydrogen-bond donors (Lipinski definition) is 0. The van der Waals surface area contributed by atoms with E-state index in [4.69, 9.17) is 9.40 Å². The maximum absolute atomic E-state index is 12.9. The van der Waals surface area contributed by atoms with Crippen LogP contribution in [0.3, 0.4) is 0 Å². The lowest BCUT2D eigenvalue weighted by atomic mass is 10.1. The van der Waals surface area contributed by atoms with Gasteiger partial charge in [-0.1, -0.05) is 23.5 Å². The van der Waals surface area contributed by atoms with E-state index in [9.17, 15) is 18.0 Å². The molecular formula is C21H17F3N4O2S. The molecular weight excluding hydrogens is 429 g/mol. The first-order valence-corrected chi connectivity index (χ1v) is 10.6. The zero-order valence-corrected chi connectivity index (χ0v) is 17.0. The normalized spacial score (nSPS) is 14.6. The molecule has 1 aromatic carbocycles. The molecule has 5 rings (SSSR count). The van der Waals surface area contributed by atoms with Crippen LogP contribution in [-0.2, 0) is 12.7 Å². The summed E-state index contributed by atoms with van der Waals surface area (Å²) >= 11 is 1.39. The van der Waals surface area contributed by atoms with Crippen molar-refractivity contribution in [2.24, 2.45) is 0 Å². The number of rotatable bonds is 4. The summed E-state index contributed by atoms with van der Waals surface area (Å²) in [6.45, 7) is 1.89. The van der Waals surface area contributed by atoms with Gasteiger partial charge in [0.2, 0.25) is 0 Å². The zero-order chi connectivity index (χ0) is 21.6. The van der Waals surface area contributed by atoms with Crippen molar-refractivity contribution < 1.29 is 17.6 Å². The van der Waals surface area contributed by atoms with Crippen LogP contribution in [0, 0.1) is 0 Å². The molecule has 0 N–H and O–H groups in total. The van der Waals surface area contributed by atoms with Crippen molar-refractivity contribution in [2.75, 3.05) is 18.0 Å². The van der Waals surface area contributed by atoms with Crippen molar-refractivity contribution in [3.63, 3.8) is 0 Å². The van der Waals surface area contributed by atoms with Crippen molar-refractivity contribution in [2.45, 2.75) is 25.6 Å². The molecule has 4 aromatic rings. The van der Waals surface area contributed by atoms with Crippen molar-refractivity contribution >= 4 is 26.8 Å². The number of hydrogen-bond acceptors (Lipinski definition) is 6. The van der Waals surface area contributed by atoms with Gasteiger partial charge in [-0.15, -0.1) is 0 Å². The smallest absolute Gasteiger partial charge is 0.416 e. The number of fused-ring (bicyclic) bond motifs is 1. The first-order chi connectivity index (χ1) is 14.9. The standard InChI is InChI=1S/C21H17F3N4O2S/c22-21(23,24)14-7-5-13(6-8-14)12-28-18-17(26-20(31-18)27-9-1-2-10-27)16(25-19(28)29)15-4-3-11-30-15/h3-8,11H,1-2,9-10,12H2. The van der Waals surface area contributed by atoms with Crippen molar-refractivity contribution in [3.05, 3.63) is 64.3 Å². The Balaban J connectivity index is 1.61. The van der Waals surface area contributed by atoms with Crippen LogP contribution in [0.2, 0.25) is 0 Å². The van der Waals surface area contributed by atoms with Gasteiger partial charge >= 0.3 is 11.9 Å². The van der Waals surface area contributed by atoms with Crippen LogP contribution in [0.25, 0.3) is 21.8 Å². The van der Waals surface area contributed by atoms with E-state index in [1.807, 2.05) is 0 Å². The van der Waals surface area contributed by atoms with E-state index < -0.39 is 17.4 Å². The van der Waals surface area contributed by atoms with Gasteiger partial charge < -0.3 is 9.32 Å². The highest BCUT2D eigenvalue weighted by molar-refractivity contribution is 7.22. The molecule has 0 aliphatic carbocycles. The molecule has 1 aliphatic heterocycles. The summed E-state index contributed by atoms with van der Waals surface area (Å²) in [5.74, 6) is 0.446. The van der Waals surface area contributed by atoms with Crippen LogP contribution in [0.5, 0.6) is 0 Å². The number of alkyl halides is 3. The van der Waals surface area contributed by atoms with Crippen molar-refractivity contribution in [1.29, 1.82) is 0 Å². The van der Waals surface area contributed by atoms with Gasteiger partial charge in [-0.25, -0.2) is 9.78 Å². The second kappa shape index (κ2) is 7.52. The Morgan fingerprint density at radius 1 is 1.06 bits per heavy atom. The zero-order valence-electron chi connectivity index (χ0n) is 16.2. The third kappa shape index (κ3) is 3.71. The molecule has 3 aromatic heterocycles. The Kier molecular flexibility index (Phi) is 4.81. The monoisotopic (exact) mass is 446 g/mol. The fraction of sp³-hybridized carbons (Fsp3) is 0.286. The first-order valence-electron chi connectivity index (χ1n) is 9.76. The third-order valence-corrected chi connectivity index (χ3v) is 6.40. The highest BCUT2D eigenvalue weighted by Crippen LogP contribution is 2.35. The van der Waals surface area contributed by atoms with Gasteiger partial charge in [-0.05, 0) is 42.7 Å². The Labute approximate surface area is 178 Å². The van der Waals surface area contributed by atoms with Crippen LogP contribution in [-0.4, -0.2) is 27.6 Å². The largest absolute Gasteiger partial charge is 0.463 e. The second-order valence-electron chi connectivity index (χ2n) is 7.35. The van der Waals surface area contributed by atoms with Crippen molar-refractivity contribution in [3.8, 4) is 11.5 Å². The lowest BCUT2D eigenvalue weighted by Gasteiger charge is -2.11. The molecule has 1 saturated heterocycles. The quantitative estimate of drug-likeness (QED) is 0.452. The molecule has 1 fully saturated rings. The van der Waals surface area contributed by atoms with E-state index in [-0.39, 0.29) is 6.54 Å². The molecule has 1 aliphatic rings. The van der Waals surface area contributed by atoms with Gasteiger partial charge in [0, 0.05) is 13.1 Å². The van der Waals surface area contributed by atoms with Gasteiger partial charge in [0.25, 0.3) is 0 Å². The van der Waals surface area contributed by atoms with E-state index in [0.29, 0.717) is 27.4 Å². The minimum absolute atomic E-state index is 0.0978. The fourth-order valence-electron chi connectivity index (χ4n) is 3.68. The predicted molar refractivity (Wildman–Crippen MR) is 111 cm³/mol. The molecule has 0 unspecified atom stereocenters. The summed E-state index contributed by atoms with van der Waals surface area (Å²) in [4.78, 5) is 24.6. The molecule has 160 valence electrons. The van der Waals surface area contributed by atoms with E-state index >= 15 is 0 Å². The van der Waals surface area contributed by atoms with E-state index in [0.717, 1.165) is 43.2 Å². The molecule has 0 atom stereocenters. The number of benzene rings is 1. The van der Waals surface area contributed by atoms with E-state index in [2.05, 4.69) is 9.88 Å². The minimum atomic E-state index is -4.41. The average molecular weight is 446 g/mol. The maximum atomic E-state index is 12.9. The van der Waals surface area contributed by atoms with Gasteiger partial charge in [-0.2, -0.15) is 18.2 Å². The lowest BCUT2D eigenvalue weighted by Crippen LogP contribution is -2.24. The Hall–Kier alpha value is -3.14. The topological polar surface area (TPSA) is 64.2 Å². The molecule has 0 saturated carbocycles. The van der Waals surface area contributed by atoms with E-state index in [1.165, 1.54) is 34.3 Å². The highest BCUT2D eigenvalue weighted by atomic mass is 32.1. The summed E-state index contributed by atoms with van der Waals surface area (Å²) < 4.78 is 45.5. The van der Waals surface area contributed by atoms with Crippen LogP contribution in [0.15, 0.2) is 51.9 Å². The second-order valence-corrected chi connectivity index (χ2v) is 8.30. The van der Waals surface area contributed by atoms with Crippen LogP contribution in [0.1, 0.15) is 24.0 Å². The number of aromatic nitrogens is 3. The molecule has 0 spiro atoms. The number of thiazole rings is 1. The summed E-state index contributed by atoms with van der Waals surface area (Å²) in [6.07, 6.45) is -0.739.